The van der Waals surface area contributed by atoms with Crippen LogP contribution in [0.2, 0.25) is 0 Å². The van der Waals surface area contributed by atoms with Crippen molar-refractivity contribution in [2.75, 3.05) is 32.7 Å². The summed E-state index contributed by atoms with van der Waals surface area (Å²) in [6, 6.07) is 9.19. The zero-order chi connectivity index (χ0) is 16.5. The zero-order valence-corrected chi connectivity index (χ0v) is 14.4. The van der Waals surface area contributed by atoms with Crippen molar-refractivity contribution < 1.29 is 9.90 Å². The predicted octanol–water partition coefficient (Wildman–Crippen LogP) is 3.43. The van der Waals surface area contributed by atoms with Crippen LogP contribution < -0.4 is 0 Å². The van der Waals surface area contributed by atoms with Gasteiger partial charge >= 0.3 is 6.09 Å². The highest BCUT2D eigenvalue weighted by atomic mass is 16.4. The molecule has 0 radical (unpaired) electrons. The van der Waals surface area contributed by atoms with Gasteiger partial charge in [-0.25, -0.2) is 4.79 Å². The Balaban J connectivity index is 1.37. The molecule has 1 saturated carbocycles. The number of fused-ring (bicyclic) bond motifs is 1. The van der Waals surface area contributed by atoms with Gasteiger partial charge in [-0.3, -0.25) is 0 Å². The highest BCUT2D eigenvalue weighted by Gasteiger charge is 2.44. The van der Waals surface area contributed by atoms with Crippen LogP contribution in [0.25, 0.3) is 0 Å². The molecule has 4 rings (SSSR count). The lowest BCUT2D eigenvalue weighted by Gasteiger charge is -2.20. The van der Waals surface area contributed by atoms with Gasteiger partial charge in [0.1, 0.15) is 0 Å². The minimum Gasteiger partial charge on any atom is -0.465 e. The number of hydrogen-bond donors (Lipinski definition) is 1. The molecule has 0 bridgehead atoms. The molecule has 4 heteroatoms. The van der Waals surface area contributed by atoms with Crippen LogP contribution in [0.15, 0.2) is 24.3 Å². The van der Waals surface area contributed by atoms with E-state index < -0.39 is 6.09 Å². The normalized spacial score (nSPS) is 30.0. The first-order chi connectivity index (χ1) is 11.7. The van der Waals surface area contributed by atoms with E-state index >= 15 is 0 Å². The van der Waals surface area contributed by atoms with Gasteiger partial charge < -0.3 is 14.9 Å². The molecule has 0 aromatic heterocycles. The smallest absolute Gasteiger partial charge is 0.407 e. The summed E-state index contributed by atoms with van der Waals surface area (Å²) < 4.78 is 0. The molecule has 1 amide bonds. The molecule has 2 heterocycles. The minimum absolute atomic E-state index is 0.525. The van der Waals surface area contributed by atoms with Crippen LogP contribution in [0.3, 0.4) is 0 Å². The molecule has 130 valence electrons. The number of benzene rings is 1. The van der Waals surface area contributed by atoms with E-state index in [4.69, 9.17) is 0 Å². The molecular formula is C20H28N2O2. The number of nitrogens with zero attached hydrogens (tertiary/aromatic N) is 2. The summed E-state index contributed by atoms with van der Waals surface area (Å²) >= 11 is 0. The number of carbonyl (C=O) groups is 1. The van der Waals surface area contributed by atoms with Crippen LogP contribution in [0.5, 0.6) is 0 Å². The minimum atomic E-state index is -0.750. The second kappa shape index (κ2) is 6.75. The summed E-state index contributed by atoms with van der Waals surface area (Å²) in [6.45, 7) is 5.18. The summed E-state index contributed by atoms with van der Waals surface area (Å²) in [5.74, 6) is 1.64. The van der Waals surface area contributed by atoms with Crippen LogP contribution in [0, 0.1) is 11.8 Å². The Morgan fingerprint density at radius 3 is 2.54 bits per heavy atom. The van der Waals surface area contributed by atoms with Gasteiger partial charge in [0, 0.05) is 19.6 Å². The fourth-order valence-electron chi connectivity index (χ4n) is 5.06. The average molecular weight is 328 g/mol. The number of carboxylic acid groups (broad SMARTS) is 1. The molecular weight excluding hydrogens is 300 g/mol. The summed E-state index contributed by atoms with van der Waals surface area (Å²) in [5, 5.41) is 9.23. The summed E-state index contributed by atoms with van der Waals surface area (Å²) in [7, 11) is 0. The van der Waals surface area contributed by atoms with Gasteiger partial charge in [0.05, 0.1) is 0 Å². The van der Waals surface area contributed by atoms with Gasteiger partial charge in [0.15, 0.2) is 0 Å². The lowest BCUT2D eigenvalue weighted by atomic mass is 9.86. The summed E-state index contributed by atoms with van der Waals surface area (Å²) in [4.78, 5) is 15.4. The van der Waals surface area contributed by atoms with Gasteiger partial charge in [-0.2, -0.15) is 0 Å². The Kier molecular flexibility index (Phi) is 4.49. The van der Waals surface area contributed by atoms with Crippen molar-refractivity contribution in [1.82, 2.24) is 9.80 Å². The summed E-state index contributed by atoms with van der Waals surface area (Å²) in [5.41, 5.74) is 2.85. The van der Waals surface area contributed by atoms with Crippen LogP contribution >= 0.6 is 0 Å². The Labute approximate surface area is 144 Å². The van der Waals surface area contributed by atoms with Gasteiger partial charge in [0.2, 0.25) is 0 Å². The van der Waals surface area contributed by atoms with E-state index in [0.717, 1.165) is 19.5 Å². The number of amides is 1. The van der Waals surface area contributed by atoms with E-state index in [9.17, 15) is 9.90 Å². The number of likely N-dealkylation sites (tertiary alicyclic amines) is 2. The van der Waals surface area contributed by atoms with Crippen LogP contribution in [0.4, 0.5) is 4.79 Å². The fraction of sp³-hybridized carbons (Fsp3) is 0.650. The number of rotatable bonds is 4. The molecule has 4 nitrogen and oxygen atoms in total. The van der Waals surface area contributed by atoms with Gasteiger partial charge in [-0.1, -0.05) is 24.3 Å². The lowest BCUT2D eigenvalue weighted by molar-refractivity contribution is 0.151. The van der Waals surface area contributed by atoms with E-state index in [-0.39, 0.29) is 0 Å². The molecule has 3 unspecified atom stereocenters. The van der Waals surface area contributed by atoms with E-state index in [2.05, 4.69) is 29.2 Å². The van der Waals surface area contributed by atoms with Crippen molar-refractivity contribution in [3.63, 3.8) is 0 Å². The van der Waals surface area contributed by atoms with Gasteiger partial charge in [-0.15, -0.1) is 0 Å². The Morgan fingerprint density at radius 1 is 1.08 bits per heavy atom. The summed E-state index contributed by atoms with van der Waals surface area (Å²) in [6.07, 6.45) is 5.50. The van der Waals surface area contributed by atoms with Crippen molar-refractivity contribution in [2.45, 2.75) is 38.0 Å². The molecule has 2 saturated heterocycles. The molecule has 1 aromatic carbocycles. The molecule has 2 aliphatic heterocycles. The Bertz CT molecular complexity index is 580. The Hall–Kier alpha value is -1.55. The highest BCUT2D eigenvalue weighted by Crippen LogP contribution is 2.47. The monoisotopic (exact) mass is 328 g/mol. The molecule has 3 fully saturated rings. The van der Waals surface area contributed by atoms with E-state index in [1.807, 2.05) is 0 Å². The predicted molar refractivity (Wildman–Crippen MR) is 94.4 cm³/mol. The highest BCUT2D eigenvalue weighted by molar-refractivity contribution is 5.65. The largest absolute Gasteiger partial charge is 0.465 e. The van der Waals surface area contributed by atoms with Gasteiger partial charge in [0.25, 0.3) is 0 Å². The second-order valence-corrected chi connectivity index (χ2v) is 7.84. The molecule has 0 spiro atoms. The molecule has 24 heavy (non-hydrogen) atoms. The van der Waals surface area contributed by atoms with Gasteiger partial charge in [-0.05, 0) is 74.1 Å². The van der Waals surface area contributed by atoms with Crippen molar-refractivity contribution in [3.05, 3.63) is 35.4 Å². The van der Waals surface area contributed by atoms with Crippen LogP contribution in [-0.4, -0.2) is 53.7 Å². The standard InChI is InChI=1S/C20H28N2O2/c23-20(24)22-13-17-7-8-18(19(17)14-22)16-5-3-15(4-6-16)9-12-21-10-1-2-11-21/h3-6,17-19H,1-2,7-14H2,(H,23,24). The van der Waals surface area contributed by atoms with Crippen molar-refractivity contribution in [3.8, 4) is 0 Å². The van der Waals surface area contributed by atoms with Crippen LogP contribution in [-0.2, 0) is 6.42 Å². The third kappa shape index (κ3) is 3.16. The quantitative estimate of drug-likeness (QED) is 0.921. The van der Waals surface area contributed by atoms with Crippen LogP contribution in [0.1, 0.15) is 42.7 Å². The SMILES string of the molecule is O=C(O)N1CC2CCC(c3ccc(CCN4CCCC4)cc3)C2C1. The van der Waals surface area contributed by atoms with Crippen molar-refractivity contribution >= 4 is 6.09 Å². The maximum atomic E-state index is 11.2. The fourth-order valence-corrected chi connectivity index (χ4v) is 5.06. The zero-order valence-electron chi connectivity index (χ0n) is 14.4. The first-order valence-electron chi connectivity index (χ1n) is 9.50. The Morgan fingerprint density at radius 2 is 1.83 bits per heavy atom. The van der Waals surface area contributed by atoms with Crippen molar-refractivity contribution in [1.29, 1.82) is 0 Å². The van der Waals surface area contributed by atoms with E-state index in [1.165, 1.54) is 56.4 Å². The molecule has 3 aliphatic rings. The second-order valence-electron chi connectivity index (χ2n) is 7.84. The third-order valence-corrected chi connectivity index (χ3v) is 6.45. The molecule has 1 aliphatic carbocycles. The number of hydrogen-bond acceptors (Lipinski definition) is 2. The third-order valence-electron chi connectivity index (χ3n) is 6.45. The first-order valence-corrected chi connectivity index (χ1v) is 9.50. The average Bonchev–Trinajstić information content (AvgIpc) is 3.30. The molecule has 3 atom stereocenters. The van der Waals surface area contributed by atoms with E-state index in [1.54, 1.807) is 4.90 Å². The topological polar surface area (TPSA) is 43.8 Å². The first kappa shape index (κ1) is 15.9. The maximum Gasteiger partial charge on any atom is 0.407 e. The van der Waals surface area contributed by atoms with E-state index in [0.29, 0.717) is 17.8 Å². The van der Waals surface area contributed by atoms with Crippen molar-refractivity contribution in [2.24, 2.45) is 11.8 Å². The molecule has 1 aromatic rings. The maximum absolute atomic E-state index is 11.2. The lowest BCUT2D eigenvalue weighted by Crippen LogP contribution is -2.28. The molecule has 1 N–H and O–H groups in total.